The fourth-order valence-electron chi connectivity index (χ4n) is 3.45. The maximum absolute atomic E-state index is 12.9. The molecule has 0 radical (unpaired) electrons. The Bertz CT molecular complexity index is 769. The van der Waals surface area contributed by atoms with Gasteiger partial charge in [-0.15, -0.1) is 0 Å². The van der Waals surface area contributed by atoms with Gasteiger partial charge >= 0.3 is 5.97 Å². The van der Waals surface area contributed by atoms with Crippen LogP contribution < -0.4 is 4.90 Å². The van der Waals surface area contributed by atoms with Crippen LogP contribution in [0.15, 0.2) is 48.5 Å². The van der Waals surface area contributed by atoms with Gasteiger partial charge in [0.15, 0.2) is 0 Å². The largest absolute Gasteiger partial charge is 0.478 e. The summed E-state index contributed by atoms with van der Waals surface area (Å²) in [6, 6.07) is 15.0. The number of hydrogen-bond donors (Lipinski definition) is 1. The predicted octanol–water partition coefficient (Wildman–Crippen LogP) is 4.08. The second-order valence-electron chi connectivity index (χ2n) is 6.45. The van der Waals surface area contributed by atoms with Crippen LogP contribution in [0.2, 0.25) is 0 Å². The first kappa shape index (κ1) is 17.2. The first-order valence-corrected chi connectivity index (χ1v) is 8.86. The molecule has 1 aliphatic rings. The fraction of sp³-hybridized carbons (Fsp3) is 0.333. The number of carbonyl (C=O) groups is 2. The lowest BCUT2D eigenvalue weighted by molar-refractivity contribution is -0.118. The number of aromatic carboxylic acids is 1. The topological polar surface area (TPSA) is 57.6 Å². The summed E-state index contributed by atoms with van der Waals surface area (Å²) in [5.41, 5.74) is 3.23. The highest BCUT2D eigenvalue weighted by Gasteiger charge is 2.20. The van der Waals surface area contributed by atoms with Crippen molar-refractivity contribution in [2.24, 2.45) is 0 Å². The Morgan fingerprint density at radius 2 is 1.72 bits per heavy atom. The molecule has 0 saturated carbocycles. The van der Waals surface area contributed by atoms with E-state index in [0.717, 1.165) is 37.9 Å². The molecule has 0 aromatic heterocycles. The second kappa shape index (κ2) is 7.97. The standard InChI is InChI=1S/C21H23NO3/c23-20(14-13-16-8-3-5-11-18(16)21(24)25)22-15-7-1-2-9-17-10-4-6-12-19(17)22/h3-6,8,10-12H,1-2,7,9,13-15H2,(H,24,25). The average molecular weight is 337 g/mol. The van der Waals surface area contributed by atoms with Gasteiger partial charge in [-0.3, -0.25) is 4.79 Å². The highest BCUT2D eigenvalue weighted by atomic mass is 16.4. The molecule has 1 amide bonds. The third-order valence-corrected chi connectivity index (χ3v) is 4.77. The molecule has 1 N–H and O–H groups in total. The molecule has 3 rings (SSSR count). The van der Waals surface area contributed by atoms with Gasteiger partial charge < -0.3 is 10.0 Å². The summed E-state index contributed by atoms with van der Waals surface area (Å²) in [6.45, 7) is 0.733. The minimum absolute atomic E-state index is 0.0644. The van der Waals surface area contributed by atoms with Crippen molar-refractivity contribution in [1.29, 1.82) is 0 Å². The van der Waals surface area contributed by atoms with Crippen LogP contribution >= 0.6 is 0 Å². The zero-order valence-electron chi connectivity index (χ0n) is 14.3. The van der Waals surface area contributed by atoms with Crippen LogP contribution in [0.3, 0.4) is 0 Å². The number of rotatable bonds is 4. The highest BCUT2D eigenvalue weighted by Crippen LogP contribution is 2.26. The van der Waals surface area contributed by atoms with Gasteiger partial charge in [0.05, 0.1) is 5.56 Å². The third-order valence-electron chi connectivity index (χ3n) is 4.77. The van der Waals surface area contributed by atoms with Crippen LogP contribution in [0, 0.1) is 0 Å². The molecular formula is C21H23NO3. The first-order chi connectivity index (χ1) is 12.2. The van der Waals surface area contributed by atoms with Crippen molar-refractivity contribution >= 4 is 17.6 Å². The lowest BCUT2D eigenvalue weighted by Gasteiger charge is -2.27. The molecule has 0 aliphatic carbocycles. The molecule has 130 valence electrons. The van der Waals surface area contributed by atoms with Crippen molar-refractivity contribution in [2.45, 2.75) is 38.5 Å². The summed E-state index contributed by atoms with van der Waals surface area (Å²) < 4.78 is 0. The minimum Gasteiger partial charge on any atom is -0.478 e. The van der Waals surface area contributed by atoms with Crippen molar-refractivity contribution in [1.82, 2.24) is 0 Å². The smallest absolute Gasteiger partial charge is 0.335 e. The Morgan fingerprint density at radius 1 is 0.960 bits per heavy atom. The molecule has 2 aromatic carbocycles. The number of benzene rings is 2. The number of fused-ring (bicyclic) bond motifs is 1. The van der Waals surface area contributed by atoms with Crippen LogP contribution in [0.1, 0.15) is 47.2 Å². The molecule has 4 nitrogen and oxygen atoms in total. The molecule has 0 saturated heterocycles. The van der Waals surface area contributed by atoms with Crippen LogP contribution in [0.25, 0.3) is 0 Å². The van der Waals surface area contributed by atoms with Crippen LogP contribution in [0.5, 0.6) is 0 Å². The zero-order chi connectivity index (χ0) is 17.6. The van der Waals surface area contributed by atoms with E-state index < -0.39 is 5.97 Å². The van der Waals surface area contributed by atoms with E-state index in [-0.39, 0.29) is 11.5 Å². The van der Waals surface area contributed by atoms with E-state index in [1.165, 1.54) is 5.56 Å². The molecular weight excluding hydrogens is 314 g/mol. The minimum atomic E-state index is -0.945. The maximum Gasteiger partial charge on any atom is 0.335 e. The zero-order valence-corrected chi connectivity index (χ0v) is 14.3. The monoisotopic (exact) mass is 337 g/mol. The van der Waals surface area contributed by atoms with Crippen molar-refractivity contribution in [3.05, 3.63) is 65.2 Å². The summed E-state index contributed by atoms with van der Waals surface area (Å²) in [5.74, 6) is -0.880. The predicted molar refractivity (Wildman–Crippen MR) is 98.1 cm³/mol. The normalized spacial score (nSPS) is 14.3. The average Bonchev–Trinajstić information content (AvgIpc) is 2.61. The number of hydrogen-bond acceptors (Lipinski definition) is 2. The van der Waals surface area contributed by atoms with Crippen molar-refractivity contribution < 1.29 is 14.7 Å². The van der Waals surface area contributed by atoms with E-state index in [1.807, 2.05) is 29.2 Å². The van der Waals surface area contributed by atoms with E-state index >= 15 is 0 Å². The van der Waals surface area contributed by atoms with Gasteiger partial charge in [0, 0.05) is 18.7 Å². The van der Waals surface area contributed by atoms with Crippen molar-refractivity contribution in [2.75, 3.05) is 11.4 Å². The second-order valence-corrected chi connectivity index (χ2v) is 6.45. The SMILES string of the molecule is O=C(O)c1ccccc1CCC(=O)N1CCCCCc2ccccc21. The summed E-state index contributed by atoms with van der Waals surface area (Å²) >= 11 is 0. The first-order valence-electron chi connectivity index (χ1n) is 8.86. The number of carbonyl (C=O) groups excluding carboxylic acids is 1. The van der Waals surface area contributed by atoms with Crippen LogP contribution in [0.4, 0.5) is 5.69 Å². The lowest BCUT2D eigenvalue weighted by Crippen LogP contribution is -2.33. The van der Waals surface area contributed by atoms with Gasteiger partial charge in [0.2, 0.25) is 5.91 Å². The Morgan fingerprint density at radius 3 is 2.56 bits per heavy atom. The van der Waals surface area contributed by atoms with Crippen molar-refractivity contribution in [3.63, 3.8) is 0 Å². The number of aryl methyl sites for hydroxylation is 2. The molecule has 0 bridgehead atoms. The number of nitrogens with zero attached hydrogens (tertiary/aromatic N) is 1. The van der Waals surface area contributed by atoms with E-state index in [4.69, 9.17) is 0 Å². The summed E-state index contributed by atoms with van der Waals surface area (Å²) in [5, 5.41) is 9.28. The molecule has 0 atom stereocenters. The molecule has 1 aliphatic heterocycles. The van der Waals surface area contributed by atoms with Gasteiger partial charge in [-0.1, -0.05) is 42.8 Å². The number of para-hydroxylation sites is 1. The van der Waals surface area contributed by atoms with Crippen molar-refractivity contribution in [3.8, 4) is 0 Å². The van der Waals surface area contributed by atoms with Gasteiger partial charge in [0.1, 0.15) is 0 Å². The molecule has 0 unspecified atom stereocenters. The molecule has 25 heavy (non-hydrogen) atoms. The van der Waals surface area contributed by atoms with Gasteiger partial charge in [0.25, 0.3) is 0 Å². The number of carboxylic acids is 1. The number of amides is 1. The summed E-state index contributed by atoms with van der Waals surface area (Å²) in [7, 11) is 0. The Balaban J connectivity index is 1.76. The Labute approximate surface area is 148 Å². The Hall–Kier alpha value is -2.62. The summed E-state index contributed by atoms with van der Waals surface area (Å²) in [4.78, 5) is 26.1. The molecule has 2 aromatic rings. The third kappa shape index (κ3) is 4.08. The van der Waals surface area contributed by atoms with Crippen LogP contribution in [-0.4, -0.2) is 23.5 Å². The van der Waals surface area contributed by atoms with Gasteiger partial charge in [-0.05, 0) is 48.9 Å². The molecule has 0 fully saturated rings. The van der Waals surface area contributed by atoms with E-state index in [2.05, 4.69) is 6.07 Å². The molecule has 0 spiro atoms. The van der Waals surface area contributed by atoms with E-state index in [9.17, 15) is 14.7 Å². The maximum atomic E-state index is 12.9. The van der Waals surface area contributed by atoms with Gasteiger partial charge in [-0.2, -0.15) is 0 Å². The van der Waals surface area contributed by atoms with E-state index in [1.54, 1.807) is 18.2 Å². The lowest BCUT2D eigenvalue weighted by atomic mass is 9.99. The highest BCUT2D eigenvalue weighted by molar-refractivity contribution is 5.95. The van der Waals surface area contributed by atoms with E-state index in [0.29, 0.717) is 18.4 Å². The summed E-state index contributed by atoms with van der Waals surface area (Å²) in [6.07, 6.45) is 5.05. The molecule has 4 heteroatoms. The quantitative estimate of drug-likeness (QED) is 0.914. The number of carboxylic acid groups (broad SMARTS) is 1. The Kier molecular flexibility index (Phi) is 5.49. The molecule has 1 heterocycles. The van der Waals surface area contributed by atoms with Gasteiger partial charge in [-0.25, -0.2) is 4.79 Å². The van der Waals surface area contributed by atoms with Crippen LogP contribution in [-0.2, 0) is 17.6 Å². The fourth-order valence-corrected chi connectivity index (χ4v) is 3.45. The number of anilines is 1.